The lowest BCUT2D eigenvalue weighted by atomic mass is 9.99. The highest BCUT2D eigenvalue weighted by atomic mass is 16.7. The summed E-state index contributed by atoms with van der Waals surface area (Å²) < 4.78 is 22.8. The highest BCUT2D eigenvalue weighted by molar-refractivity contribution is 5.69. The fraction of sp³-hybridized carbons (Fsp3) is 0.685. The Morgan fingerprint density at radius 1 is 0.524 bits per heavy atom. The first-order valence-electron chi connectivity index (χ1n) is 24.8. The first-order valence-corrected chi connectivity index (χ1v) is 24.8. The van der Waals surface area contributed by atoms with Gasteiger partial charge in [0.05, 0.1) is 19.8 Å². The summed E-state index contributed by atoms with van der Waals surface area (Å²) in [6.07, 6.45) is 54.4. The number of hydrogen-bond donors (Lipinski definition) is 4. The lowest BCUT2D eigenvalue weighted by Crippen LogP contribution is -2.59. The molecule has 1 fully saturated rings. The van der Waals surface area contributed by atoms with Gasteiger partial charge in [-0.1, -0.05) is 175 Å². The normalized spacial score (nSPS) is 20.5. The monoisotopic (exact) mass is 883 g/mol. The molecule has 1 heterocycles. The first kappa shape index (κ1) is 58.1. The van der Waals surface area contributed by atoms with Crippen LogP contribution in [0, 0.1) is 0 Å². The van der Waals surface area contributed by atoms with Crippen molar-refractivity contribution in [1.29, 1.82) is 0 Å². The van der Waals surface area contributed by atoms with E-state index in [1.165, 1.54) is 70.6 Å². The number of allylic oxidation sites excluding steroid dienone is 16. The smallest absolute Gasteiger partial charge is 0.306 e. The van der Waals surface area contributed by atoms with Crippen LogP contribution in [0.5, 0.6) is 0 Å². The standard InChI is InChI=1S/C54H90O9/c1-3-5-7-9-11-13-15-17-19-21-22-23-24-25-26-27-29-31-33-35-37-39-41-43-50(56)62-48(47-61-54-53(59)52(58)51(57)49(45-55)63-54)46-60-44-42-40-38-36-34-32-30-28-20-18-16-14-12-10-8-6-4-2/h5,7,11,13,17,19-20,22-23,25-26,28-29,31,35,37,48-49,51-55,57-59H,3-4,6,8-10,12,14-16,18,21,24,27,30,32-34,36,38-47H2,1-2H3/b7-5-,13-11-,19-17-,23-22-,26-25-,28-20-,31-29-,37-35-. The average Bonchev–Trinajstić information content (AvgIpc) is 3.28. The van der Waals surface area contributed by atoms with Gasteiger partial charge in [-0.3, -0.25) is 4.79 Å². The third kappa shape index (κ3) is 35.1. The minimum Gasteiger partial charge on any atom is -0.457 e. The number of esters is 1. The molecule has 1 rings (SSSR count). The zero-order valence-electron chi connectivity index (χ0n) is 39.5. The lowest BCUT2D eigenvalue weighted by molar-refractivity contribution is -0.305. The van der Waals surface area contributed by atoms with Crippen molar-refractivity contribution in [2.24, 2.45) is 0 Å². The van der Waals surface area contributed by atoms with Gasteiger partial charge in [0.1, 0.15) is 30.5 Å². The number of rotatable bonds is 41. The van der Waals surface area contributed by atoms with E-state index in [0.29, 0.717) is 13.0 Å². The second-order valence-corrected chi connectivity index (χ2v) is 16.5. The zero-order chi connectivity index (χ0) is 45.7. The van der Waals surface area contributed by atoms with Crippen LogP contribution in [-0.2, 0) is 23.7 Å². The van der Waals surface area contributed by atoms with E-state index < -0.39 is 43.4 Å². The summed E-state index contributed by atoms with van der Waals surface area (Å²) in [5.41, 5.74) is 0. The maximum absolute atomic E-state index is 12.8. The highest BCUT2D eigenvalue weighted by Crippen LogP contribution is 2.22. The van der Waals surface area contributed by atoms with E-state index in [4.69, 9.17) is 18.9 Å². The molecule has 0 aromatic rings. The average molecular weight is 883 g/mol. The summed E-state index contributed by atoms with van der Waals surface area (Å²) in [7, 11) is 0. The molecule has 1 aliphatic rings. The fourth-order valence-electron chi connectivity index (χ4n) is 6.89. The van der Waals surface area contributed by atoms with E-state index in [2.05, 4.69) is 111 Å². The SMILES string of the molecule is CC/C=C\C/C=C\C/C=C\C/C=C\C/C=C\C/C=C\C/C=C\CCCC(=O)OC(COCCCCCCCC/C=C\CCCCCCCCC)COC1OC(CO)C(O)C(O)C1O. The van der Waals surface area contributed by atoms with E-state index in [9.17, 15) is 25.2 Å². The number of hydrogen-bond acceptors (Lipinski definition) is 9. The van der Waals surface area contributed by atoms with E-state index in [0.717, 1.165) is 77.0 Å². The molecule has 0 bridgehead atoms. The van der Waals surface area contributed by atoms with Crippen molar-refractivity contribution in [1.82, 2.24) is 0 Å². The minimum atomic E-state index is -1.55. The van der Waals surface area contributed by atoms with Crippen LogP contribution in [0.2, 0.25) is 0 Å². The molecular weight excluding hydrogens is 793 g/mol. The molecule has 1 saturated heterocycles. The van der Waals surface area contributed by atoms with Gasteiger partial charge in [-0.05, 0) is 89.9 Å². The predicted octanol–water partition coefficient (Wildman–Crippen LogP) is 12.0. The molecule has 9 heteroatoms. The van der Waals surface area contributed by atoms with Gasteiger partial charge in [0, 0.05) is 13.0 Å². The van der Waals surface area contributed by atoms with Gasteiger partial charge in [0.15, 0.2) is 6.29 Å². The highest BCUT2D eigenvalue weighted by Gasteiger charge is 2.44. The largest absolute Gasteiger partial charge is 0.457 e. The number of carbonyl (C=O) groups is 1. The van der Waals surface area contributed by atoms with Crippen LogP contribution in [0.4, 0.5) is 0 Å². The summed E-state index contributed by atoms with van der Waals surface area (Å²) in [5, 5.41) is 40.2. The maximum atomic E-state index is 12.8. The van der Waals surface area contributed by atoms with Crippen LogP contribution < -0.4 is 0 Å². The number of carbonyl (C=O) groups excluding carboxylic acids is 1. The predicted molar refractivity (Wildman–Crippen MR) is 260 cm³/mol. The molecular formula is C54H90O9. The van der Waals surface area contributed by atoms with Crippen LogP contribution in [0.15, 0.2) is 97.2 Å². The Labute approximate surface area is 383 Å². The van der Waals surface area contributed by atoms with Crippen molar-refractivity contribution in [3.8, 4) is 0 Å². The second-order valence-electron chi connectivity index (χ2n) is 16.5. The van der Waals surface area contributed by atoms with Crippen LogP contribution in [0.1, 0.15) is 174 Å². The van der Waals surface area contributed by atoms with E-state index in [-0.39, 0.29) is 25.6 Å². The van der Waals surface area contributed by atoms with Gasteiger partial charge in [0.2, 0.25) is 0 Å². The molecule has 0 saturated carbocycles. The summed E-state index contributed by atoms with van der Waals surface area (Å²) >= 11 is 0. The lowest BCUT2D eigenvalue weighted by Gasteiger charge is -2.39. The molecule has 63 heavy (non-hydrogen) atoms. The fourth-order valence-corrected chi connectivity index (χ4v) is 6.89. The van der Waals surface area contributed by atoms with Crippen molar-refractivity contribution in [3.63, 3.8) is 0 Å². The van der Waals surface area contributed by atoms with E-state index in [1.807, 2.05) is 0 Å². The molecule has 0 aromatic carbocycles. The van der Waals surface area contributed by atoms with E-state index in [1.54, 1.807) is 0 Å². The van der Waals surface area contributed by atoms with Gasteiger partial charge >= 0.3 is 5.97 Å². The Balaban J connectivity index is 2.30. The molecule has 360 valence electrons. The number of aliphatic hydroxyl groups excluding tert-OH is 4. The Hall–Kier alpha value is -2.89. The second kappa shape index (κ2) is 44.3. The van der Waals surface area contributed by atoms with Crippen molar-refractivity contribution >= 4 is 5.97 Å². The molecule has 0 amide bonds. The Morgan fingerprint density at radius 2 is 0.968 bits per heavy atom. The molecule has 6 unspecified atom stereocenters. The summed E-state index contributed by atoms with van der Waals surface area (Å²) in [6, 6.07) is 0. The van der Waals surface area contributed by atoms with Crippen molar-refractivity contribution in [3.05, 3.63) is 97.2 Å². The Kier molecular flexibility index (Phi) is 40.9. The van der Waals surface area contributed by atoms with Gasteiger partial charge < -0.3 is 39.4 Å². The van der Waals surface area contributed by atoms with E-state index >= 15 is 0 Å². The van der Waals surface area contributed by atoms with Crippen LogP contribution in [-0.4, -0.2) is 89.6 Å². The number of unbranched alkanes of at least 4 members (excludes halogenated alkanes) is 14. The summed E-state index contributed by atoms with van der Waals surface area (Å²) in [6.45, 7) is 4.35. The molecule has 9 nitrogen and oxygen atoms in total. The van der Waals surface area contributed by atoms with Crippen molar-refractivity contribution in [2.75, 3.05) is 26.4 Å². The van der Waals surface area contributed by atoms with Gasteiger partial charge in [0.25, 0.3) is 0 Å². The molecule has 0 radical (unpaired) electrons. The summed E-state index contributed by atoms with van der Waals surface area (Å²) in [5.74, 6) is -0.376. The zero-order valence-corrected chi connectivity index (χ0v) is 39.5. The number of ether oxygens (including phenoxy) is 4. The summed E-state index contributed by atoms with van der Waals surface area (Å²) in [4.78, 5) is 12.8. The molecule has 1 aliphatic heterocycles. The Bertz CT molecular complexity index is 1280. The quantitative estimate of drug-likeness (QED) is 0.0269. The molecule has 6 atom stereocenters. The maximum Gasteiger partial charge on any atom is 0.306 e. The van der Waals surface area contributed by atoms with Gasteiger partial charge in [-0.2, -0.15) is 0 Å². The molecule has 4 N–H and O–H groups in total. The third-order valence-corrected chi connectivity index (χ3v) is 10.7. The van der Waals surface area contributed by atoms with Gasteiger partial charge in [-0.15, -0.1) is 0 Å². The van der Waals surface area contributed by atoms with Crippen LogP contribution in [0.25, 0.3) is 0 Å². The Morgan fingerprint density at radius 3 is 1.48 bits per heavy atom. The van der Waals surface area contributed by atoms with Crippen molar-refractivity contribution < 1.29 is 44.2 Å². The topological polar surface area (TPSA) is 135 Å². The van der Waals surface area contributed by atoms with Crippen LogP contribution in [0.3, 0.4) is 0 Å². The third-order valence-electron chi connectivity index (χ3n) is 10.7. The first-order chi connectivity index (χ1) is 30.9. The number of aliphatic hydroxyl groups is 4. The van der Waals surface area contributed by atoms with Crippen molar-refractivity contribution in [2.45, 2.75) is 211 Å². The molecule has 0 aromatic heterocycles. The molecule has 0 aliphatic carbocycles. The minimum absolute atomic E-state index is 0.111. The van der Waals surface area contributed by atoms with Gasteiger partial charge in [-0.25, -0.2) is 0 Å². The van der Waals surface area contributed by atoms with Crippen LogP contribution >= 0.6 is 0 Å². The molecule has 0 spiro atoms.